The molecule has 0 amide bonds. The number of hydrogen-bond acceptors (Lipinski definition) is 4. The molecule has 0 spiro atoms. The van der Waals surface area contributed by atoms with Crippen LogP contribution in [0.25, 0.3) is 0 Å². The molecule has 0 bridgehead atoms. The van der Waals surface area contributed by atoms with Gasteiger partial charge in [-0.25, -0.2) is 9.97 Å². The molecule has 0 radical (unpaired) electrons. The van der Waals surface area contributed by atoms with Crippen LogP contribution in [0.15, 0.2) is 46.9 Å². The summed E-state index contributed by atoms with van der Waals surface area (Å²) in [5, 5.41) is 8.00. The average Bonchev–Trinajstić information content (AvgIpc) is 2.30. The van der Waals surface area contributed by atoms with Crippen LogP contribution in [0.5, 0.6) is 0 Å². The molecule has 0 saturated heterocycles. The lowest BCUT2D eigenvalue weighted by molar-refractivity contribution is 1.05. The van der Waals surface area contributed by atoms with E-state index in [1.165, 1.54) is 5.56 Å². The van der Waals surface area contributed by atoms with Crippen LogP contribution in [0, 0.1) is 13.8 Å². The number of aromatic nitrogens is 2. The molecule has 1 heterocycles. The monoisotopic (exact) mass is 212 g/mol. The van der Waals surface area contributed by atoms with Gasteiger partial charge in [0.25, 0.3) is 5.95 Å². The molecule has 1 aromatic carbocycles. The van der Waals surface area contributed by atoms with Gasteiger partial charge in [0.15, 0.2) is 0 Å². The van der Waals surface area contributed by atoms with Crippen molar-refractivity contribution >= 4 is 11.6 Å². The van der Waals surface area contributed by atoms with E-state index in [2.05, 4.69) is 20.2 Å². The summed E-state index contributed by atoms with van der Waals surface area (Å²) in [6.45, 7) is 3.96. The molecular formula is C12H12N4. The number of nitrogens with zero attached hydrogens (tertiary/aromatic N) is 4. The van der Waals surface area contributed by atoms with Gasteiger partial charge in [0.1, 0.15) is 0 Å². The van der Waals surface area contributed by atoms with Crippen molar-refractivity contribution in [1.82, 2.24) is 9.97 Å². The molecule has 16 heavy (non-hydrogen) atoms. The third kappa shape index (κ3) is 2.70. The molecule has 0 aliphatic carbocycles. The summed E-state index contributed by atoms with van der Waals surface area (Å²) in [7, 11) is 0. The molecule has 2 aromatic rings. The van der Waals surface area contributed by atoms with Gasteiger partial charge in [-0.1, -0.05) is 17.7 Å². The number of aryl methyl sites for hydroxylation is 2. The molecule has 0 unspecified atom stereocenters. The summed E-state index contributed by atoms with van der Waals surface area (Å²) in [6.07, 6.45) is 3.44. The van der Waals surface area contributed by atoms with Crippen LogP contribution in [0.3, 0.4) is 0 Å². The predicted octanol–water partition coefficient (Wildman–Crippen LogP) is 3.51. The molecular weight excluding hydrogens is 200 g/mol. The molecule has 0 saturated carbocycles. The largest absolute Gasteiger partial charge is 0.268 e. The van der Waals surface area contributed by atoms with Crippen molar-refractivity contribution in [3.05, 3.63) is 47.8 Å². The summed E-state index contributed by atoms with van der Waals surface area (Å²) in [5.74, 6) is 0.381. The molecule has 0 atom stereocenters. The molecule has 0 aliphatic heterocycles. The Hall–Kier alpha value is -2.10. The summed E-state index contributed by atoms with van der Waals surface area (Å²) in [6, 6.07) is 7.80. The Morgan fingerprint density at radius 1 is 0.812 bits per heavy atom. The van der Waals surface area contributed by atoms with Crippen molar-refractivity contribution in [3.8, 4) is 0 Å². The number of rotatable bonds is 2. The van der Waals surface area contributed by atoms with Gasteiger partial charge >= 0.3 is 0 Å². The summed E-state index contributed by atoms with van der Waals surface area (Å²) in [4.78, 5) is 8.08. The highest BCUT2D eigenvalue weighted by Gasteiger charge is 1.92. The zero-order chi connectivity index (χ0) is 11.4. The summed E-state index contributed by atoms with van der Waals surface area (Å²) < 4.78 is 0. The number of hydrogen-bond donors (Lipinski definition) is 0. The zero-order valence-corrected chi connectivity index (χ0v) is 9.25. The van der Waals surface area contributed by atoms with Crippen molar-refractivity contribution < 1.29 is 0 Å². The van der Waals surface area contributed by atoms with E-state index >= 15 is 0 Å². The van der Waals surface area contributed by atoms with E-state index in [1.54, 1.807) is 12.4 Å². The maximum atomic E-state index is 4.05. The fourth-order valence-electron chi connectivity index (χ4n) is 1.15. The lowest BCUT2D eigenvalue weighted by Crippen LogP contribution is -1.80. The molecule has 4 nitrogen and oxygen atoms in total. The first kappa shape index (κ1) is 10.4. The molecule has 1 aromatic heterocycles. The van der Waals surface area contributed by atoms with Crippen LogP contribution in [-0.4, -0.2) is 9.97 Å². The van der Waals surface area contributed by atoms with E-state index in [0.29, 0.717) is 5.95 Å². The van der Waals surface area contributed by atoms with Crippen molar-refractivity contribution in [2.45, 2.75) is 13.8 Å². The van der Waals surface area contributed by atoms with Gasteiger partial charge < -0.3 is 0 Å². The van der Waals surface area contributed by atoms with E-state index in [0.717, 1.165) is 11.3 Å². The maximum Gasteiger partial charge on any atom is 0.268 e. The Kier molecular flexibility index (Phi) is 3.00. The minimum Gasteiger partial charge on any atom is -0.218 e. The van der Waals surface area contributed by atoms with E-state index in [-0.39, 0.29) is 0 Å². The van der Waals surface area contributed by atoms with Crippen LogP contribution in [0.2, 0.25) is 0 Å². The summed E-state index contributed by atoms with van der Waals surface area (Å²) >= 11 is 0. The molecule has 4 heteroatoms. The van der Waals surface area contributed by atoms with Crippen LogP contribution in [0.4, 0.5) is 11.6 Å². The SMILES string of the molecule is Cc1ccc(N=Nc2ncc(C)cn2)cc1. The Labute approximate surface area is 94.1 Å². The standard InChI is InChI=1S/C12H12N4/c1-9-3-5-11(6-4-9)15-16-12-13-7-10(2)8-14-12/h3-8H,1-2H3. The third-order valence-electron chi connectivity index (χ3n) is 2.06. The normalized spacial score (nSPS) is 10.9. The van der Waals surface area contributed by atoms with Crippen molar-refractivity contribution in [2.24, 2.45) is 10.2 Å². The highest BCUT2D eigenvalue weighted by Crippen LogP contribution is 2.15. The van der Waals surface area contributed by atoms with E-state index in [1.807, 2.05) is 38.1 Å². The quantitative estimate of drug-likeness (QED) is 0.715. The van der Waals surface area contributed by atoms with Gasteiger partial charge in [0, 0.05) is 12.4 Å². The van der Waals surface area contributed by atoms with Gasteiger partial charge in [-0.2, -0.15) is 0 Å². The Balaban J connectivity index is 2.15. The average molecular weight is 212 g/mol. The summed E-state index contributed by atoms with van der Waals surface area (Å²) in [5.41, 5.74) is 3.01. The van der Waals surface area contributed by atoms with E-state index in [9.17, 15) is 0 Å². The van der Waals surface area contributed by atoms with Gasteiger partial charge in [0.05, 0.1) is 5.69 Å². The van der Waals surface area contributed by atoms with Crippen molar-refractivity contribution in [1.29, 1.82) is 0 Å². The van der Waals surface area contributed by atoms with Crippen LogP contribution in [-0.2, 0) is 0 Å². The van der Waals surface area contributed by atoms with Crippen molar-refractivity contribution in [2.75, 3.05) is 0 Å². The first-order chi connectivity index (χ1) is 7.74. The fourth-order valence-corrected chi connectivity index (χ4v) is 1.15. The minimum absolute atomic E-state index is 0.381. The molecule has 2 rings (SSSR count). The highest BCUT2D eigenvalue weighted by molar-refractivity contribution is 5.38. The van der Waals surface area contributed by atoms with Gasteiger partial charge in [-0.05, 0) is 31.5 Å². The first-order valence-corrected chi connectivity index (χ1v) is 5.01. The lowest BCUT2D eigenvalue weighted by atomic mass is 10.2. The molecule has 80 valence electrons. The number of benzene rings is 1. The third-order valence-corrected chi connectivity index (χ3v) is 2.06. The highest BCUT2D eigenvalue weighted by atomic mass is 15.2. The smallest absolute Gasteiger partial charge is 0.218 e. The van der Waals surface area contributed by atoms with E-state index < -0.39 is 0 Å². The molecule has 0 N–H and O–H groups in total. The second-order valence-electron chi connectivity index (χ2n) is 3.60. The molecule has 0 aliphatic rings. The predicted molar refractivity (Wildman–Crippen MR) is 62.1 cm³/mol. The van der Waals surface area contributed by atoms with Crippen LogP contribution >= 0.6 is 0 Å². The lowest BCUT2D eigenvalue weighted by Gasteiger charge is -1.94. The topological polar surface area (TPSA) is 50.5 Å². The minimum atomic E-state index is 0.381. The fraction of sp³-hybridized carbons (Fsp3) is 0.167. The molecule has 0 fully saturated rings. The Morgan fingerprint density at radius 2 is 1.44 bits per heavy atom. The second-order valence-corrected chi connectivity index (χ2v) is 3.60. The maximum absolute atomic E-state index is 4.05. The van der Waals surface area contributed by atoms with Gasteiger partial charge in [-0.15, -0.1) is 10.2 Å². The second kappa shape index (κ2) is 4.61. The van der Waals surface area contributed by atoms with Gasteiger partial charge in [0.2, 0.25) is 0 Å². The zero-order valence-electron chi connectivity index (χ0n) is 9.25. The Morgan fingerprint density at radius 3 is 2.06 bits per heavy atom. The van der Waals surface area contributed by atoms with Crippen molar-refractivity contribution in [3.63, 3.8) is 0 Å². The van der Waals surface area contributed by atoms with Crippen LogP contribution in [0.1, 0.15) is 11.1 Å². The van der Waals surface area contributed by atoms with Crippen LogP contribution < -0.4 is 0 Å². The van der Waals surface area contributed by atoms with Gasteiger partial charge in [-0.3, -0.25) is 0 Å². The number of azo groups is 1. The first-order valence-electron chi connectivity index (χ1n) is 5.01. The Bertz CT molecular complexity index is 438. The van der Waals surface area contributed by atoms with E-state index in [4.69, 9.17) is 0 Å².